The van der Waals surface area contributed by atoms with Crippen LogP contribution in [0.1, 0.15) is 5.69 Å². The summed E-state index contributed by atoms with van der Waals surface area (Å²) in [5, 5.41) is 7.82. The fraction of sp³-hybridized carbons (Fsp3) is 0.118. The fourth-order valence-electron chi connectivity index (χ4n) is 2.43. The van der Waals surface area contributed by atoms with Gasteiger partial charge in [0.15, 0.2) is 5.76 Å². The second-order valence-corrected chi connectivity index (χ2v) is 5.26. The molecule has 4 rings (SSSR count). The van der Waals surface area contributed by atoms with E-state index in [1.54, 1.807) is 24.0 Å². The fourth-order valence-corrected chi connectivity index (χ4v) is 2.43. The van der Waals surface area contributed by atoms with E-state index in [4.69, 9.17) is 9.15 Å². The third-order valence-corrected chi connectivity index (χ3v) is 3.52. The van der Waals surface area contributed by atoms with Gasteiger partial charge in [-0.25, -0.2) is 4.98 Å². The van der Waals surface area contributed by atoms with Crippen molar-refractivity contribution in [2.45, 2.75) is 6.92 Å². The number of aromatic nitrogens is 4. The minimum Gasteiger partial charge on any atom is -0.497 e. The molecule has 3 aromatic heterocycles. The van der Waals surface area contributed by atoms with Crippen molar-refractivity contribution in [1.82, 2.24) is 19.6 Å². The Morgan fingerprint density at radius 3 is 2.83 bits per heavy atom. The molecule has 0 bridgehead atoms. The number of aryl methyl sites for hydroxylation is 1. The zero-order valence-electron chi connectivity index (χ0n) is 13.2. The normalized spacial score (nSPS) is 10.9. The van der Waals surface area contributed by atoms with Crippen LogP contribution >= 0.6 is 0 Å². The summed E-state index contributed by atoms with van der Waals surface area (Å²) in [6.07, 6.45) is 1.59. The largest absolute Gasteiger partial charge is 0.497 e. The molecule has 0 radical (unpaired) electrons. The Kier molecular flexibility index (Phi) is 3.38. The predicted octanol–water partition coefficient (Wildman–Crippen LogP) is 3.44. The summed E-state index contributed by atoms with van der Waals surface area (Å²) in [4.78, 5) is 8.86. The van der Waals surface area contributed by atoms with Crippen molar-refractivity contribution in [2.75, 3.05) is 12.4 Å². The van der Waals surface area contributed by atoms with Crippen LogP contribution in [-0.4, -0.2) is 26.7 Å². The van der Waals surface area contributed by atoms with Crippen molar-refractivity contribution < 1.29 is 9.15 Å². The zero-order valence-corrected chi connectivity index (χ0v) is 13.2. The second-order valence-electron chi connectivity index (χ2n) is 5.26. The highest BCUT2D eigenvalue weighted by atomic mass is 16.5. The van der Waals surface area contributed by atoms with Gasteiger partial charge in [-0.3, -0.25) is 0 Å². The van der Waals surface area contributed by atoms with Crippen LogP contribution in [0, 0.1) is 6.92 Å². The van der Waals surface area contributed by atoms with E-state index in [0.29, 0.717) is 17.4 Å². The van der Waals surface area contributed by atoms with Gasteiger partial charge in [-0.2, -0.15) is 9.50 Å². The average Bonchev–Trinajstić information content (AvgIpc) is 3.24. The Labute approximate surface area is 137 Å². The van der Waals surface area contributed by atoms with E-state index in [1.165, 1.54) is 0 Å². The number of rotatable bonds is 4. The van der Waals surface area contributed by atoms with Crippen LogP contribution in [0.3, 0.4) is 0 Å². The highest BCUT2D eigenvalue weighted by Gasteiger charge is 2.13. The number of methoxy groups -OCH3 is 1. The SMILES string of the molecule is COc1cccc(Nc2cc(C)nc3nc(-c4ccco4)nn23)c1. The molecule has 0 spiro atoms. The number of nitrogens with zero attached hydrogens (tertiary/aromatic N) is 4. The molecule has 0 saturated heterocycles. The van der Waals surface area contributed by atoms with Crippen LogP contribution in [0.5, 0.6) is 5.75 Å². The molecule has 0 fully saturated rings. The molecule has 3 heterocycles. The van der Waals surface area contributed by atoms with Gasteiger partial charge in [0.25, 0.3) is 5.78 Å². The number of nitrogens with one attached hydrogen (secondary N) is 1. The Hall–Kier alpha value is -3.35. The summed E-state index contributed by atoms with van der Waals surface area (Å²) in [6.45, 7) is 1.91. The highest BCUT2D eigenvalue weighted by Crippen LogP contribution is 2.23. The molecular weight excluding hydrogens is 306 g/mol. The maximum atomic E-state index is 5.36. The molecule has 1 aromatic carbocycles. The number of hydrogen-bond donors (Lipinski definition) is 1. The first-order valence-electron chi connectivity index (χ1n) is 7.42. The third kappa shape index (κ3) is 2.56. The van der Waals surface area contributed by atoms with E-state index < -0.39 is 0 Å². The number of benzene rings is 1. The standard InChI is InChI=1S/C17H15N5O2/c1-11-9-15(19-12-5-3-6-13(10-12)23-2)22-17(18-11)20-16(21-22)14-7-4-8-24-14/h3-10,19H,1-2H3. The minimum absolute atomic E-state index is 0.492. The first-order valence-corrected chi connectivity index (χ1v) is 7.42. The number of hydrogen-bond acceptors (Lipinski definition) is 6. The zero-order chi connectivity index (χ0) is 16.5. The summed E-state index contributed by atoms with van der Waals surface area (Å²) in [5.41, 5.74) is 1.72. The molecule has 4 aromatic rings. The van der Waals surface area contributed by atoms with Crippen molar-refractivity contribution in [2.24, 2.45) is 0 Å². The molecular formula is C17H15N5O2. The Morgan fingerprint density at radius 2 is 2.04 bits per heavy atom. The summed E-state index contributed by atoms with van der Waals surface area (Å²) in [5.74, 6) is 3.14. The van der Waals surface area contributed by atoms with E-state index >= 15 is 0 Å². The van der Waals surface area contributed by atoms with Gasteiger partial charge in [0.1, 0.15) is 11.6 Å². The average molecular weight is 321 g/mol. The summed E-state index contributed by atoms with van der Waals surface area (Å²) < 4.78 is 12.3. The number of anilines is 2. The van der Waals surface area contributed by atoms with Gasteiger partial charge in [0.2, 0.25) is 5.82 Å². The van der Waals surface area contributed by atoms with Gasteiger partial charge in [0, 0.05) is 23.5 Å². The van der Waals surface area contributed by atoms with Gasteiger partial charge in [-0.05, 0) is 31.2 Å². The van der Waals surface area contributed by atoms with E-state index in [9.17, 15) is 0 Å². The number of fused-ring (bicyclic) bond motifs is 1. The number of ether oxygens (including phenoxy) is 1. The quantitative estimate of drug-likeness (QED) is 0.620. The molecule has 0 aliphatic carbocycles. The smallest absolute Gasteiger partial charge is 0.255 e. The first-order chi connectivity index (χ1) is 11.7. The van der Waals surface area contributed by atoms with Crippen LogP contribution in [0.2, 0.25) is 0 Å². The molecule has 0 aliphatic heterocycles. The van der Waals surface area contributed by atoms with Crippen LogP contribution in [0.15, 0.2) is 53.1 Å². The molecule has 1 N–H and O–H groups in total. The predicted molar refractivity (Wildman–Crippen MR) is 89.5 cm³/mol. The van der Waals surface area contributed by atoms with Gasteiger partial charge in [0.05, 0.1) is 13.4 Å². The van der Waals surface area contributed by atoms with Gasteiger partial charge < -0.3 is 14.5 Å². The molecule has 0 atom stereocenters. The summed E-state index contributed by atoms with van der Waals surface area (Å²) in [6, 6.07) is 13.2. The van der Waals surface area contributed by atoms with Gasteiger partial charge in [-0.15, -0.1) is 5.10 Å². The molecule has 24 heavy (non-hydrogen) atoms. The molecule has 0 amide bonds. The molecule has 7 nitrogen and oxygen atoms in total. The van der Waals surface area contributed by atoms with Gasteiger partial charge in [-0.1, -0.05) is 6.07 Å². The van der Waals surface area contributed by atoms with E-state index in [-0.39, 0.29) is 0 Å². The van der Waals surface area contributed by atoms with Crippen molar-refractivity contribution in [3.63, 3.8) is 0 Å². The van der Waals surface area contributed by atoms with Crippen molar-refractivity contribution in [1.29, 1.82) is 0 Å². The lowest BCUT2D eigenvalue weighted by atomic mass is 10.3. The summed E-state index contributed by atoms with van der Waals surface area (Å²) in [7, 11) is 1.64. The van der Waals surface area contributed by atoms with Gasteiger partial charge >= 0.3 is 0 Å². The number of furan rings is 1. The molecule has 0 saturated carbocycles. The lowest BCUT2D eigenvalue weighted by Crippen LogP contribution is -2.02. The third-order valence-electron chi connectivity index (χ3n) is 3.52. The maximum absolute atomic E-state index is 5.36. The van der Waals surface area contributed by atoms with Crippen molar-refractivity contribution >= 4 is 17.3 Å². The molecule has 120 valence electrons. The molecule has 0 unspecified atom stereocenters. The molecule has 0 aliphatic rings. The Balaban J connectivity index is 1.79. The van der Waals surface area contributed by atoms with E-state index in [2.05, 4.69) is 20.4 Å². The summed E-state index contributed by atoms with van der Waals surface area (Å²) >= 11 is 0. The Morgan fingerprint density at radius 1 is 1.12 bits per heavy atom. The monoisotopic (exact) mass is 321 g/mol. The maximum Gasteiger partial charge on any atom is 0.255 e. The van der Waals surface area contributed by atoms with Crippen molar-refractivity contribution in [3.8, 4) is 17.3 Å². The van der Waals surface area contributed by atoms with E-state index in [1.807, 2.05) is 43.3 Å². The Bertz CT molecular complexity index is 992. The van der Waals surface area contributed by atoms with Crippen molar-refractivity contribution in [3.05, 3.63) is 54.4 Å². The topological polar surface area (TPSA) is 77.5 Å². The molecule has 7 heteroatoms. The van der Waals surface area contributed by atoms with Crippen LogP contribution in [0.25, 0.3) is 17.4 Å². The highest BCUT2D eigenvalue weighted by molar-refractivity contribution is 5.61. The van der Waals surface area contributed by atoms with E-state index in [0.717, 1.165) is 22.9 Å². The lowest BCUT2D eigenvalue weighted by molar-refractivity contribution is 0.415. The second kappa shape index (κ2) is 5.69. The lowest BCUT2D eigenvalue weighted by Gasteiger charge is -2.09. The van der Waals surface area contributed by atoms with Crippen LogP contribution in [-0.2, 0) is 0 Å². The van der Waals surface area contributed by atoms with Crippen LogP contribution < -0.4 is 10.1 Å². The minimum atomic E-state index is 0.492. The van der Waals surface area contributed by atoms with Crippen LogP contribution in [0.4, 0.5) is 11.5 Å². The first kappa shape index (κ1) is 14.3.